The normalized spacial score (nSPS) is 10.3. The minimum atomic E-state index is -0.886. The smallest absolute Gasteiger partial charge is 0.335 e. The van der Waals surface area contributed by atoms with Gasteiger partial charge in [-0.05, 0) is 31.0 Å². The third-order valence-electron chi connectivity index (χ3n) is 2.47. The monoisotopic (exact) mass is 207 g/mol. The lowest BCUT2D eigenvalue weighted by Gasteiger charge is -2.16. The predicted octanol–water partition coefficient (Wildman–Crippen LogP) is 2.99. The standard InChI is InChI=1S/C12H17NO2/c1-3-10(4-2)13-11-7-5-6-9(8-11)12(14)15/h5-8,10,13H,3-4H2,1-2H3,(H,14,15). The Bertz CT molecular complexity index is 332. The Morgan fingerprint density at radius 2 is 2.07 bits per heavy atom. The van der Waals surface area contributed by atoms with Crippen LogP contribution in [0.5, 0.6) is 0 Å². The molecule has 1 aromatic rings. The zero-order chi connectivity index (χ0) is 11.3. The van der Waals surface area contributed by atoms with E-state index < -0.39 is 5.97 Å². The van der Waals surface area contributed by atoms with Gasteiger partial charge in [0, 0.05) is 11.7 Å². The topological polar surface area (TPSA) is 49.3 Å². The van der Waals surface area contributed by atoms with Gasteiger partial charge in [-0.2, -0.15) is 0 Å². The van der Waals surface area contributed by atoms with Gasteiger partial charge in [-0.25, -0.2) is 4.79 Å². The number of anilines is 1. The third kappa shape index (κ3) is 3.27. The molecule has 15 heavy (non-hydrogen) atoms. The Morgan fingerprint density at radius 3 is 2.60 bits per heavy atom. The van der Waals surface area contributed by atoms with Gasteiger partial charge in [0.05, 0.1) is 5.56 Å². The van der Waals surface area contributed by atoms with Crippen molar-refractivity contribution in [3.05, 3.63) is 29.8 Å². The van der Waals surface area contributed by atoms with Crippen LogP contribution in [-0.2, 0) is 0 Å². The summed E-state index contributed by atoms with van der Waals surface area (Å²) in [5.74, 6) is -0.886. The second-order valence-corrected chi connectivity index (χ2v) is 3.54. The third-order valence-corrected chi connectivity index (χ3v) is 2.47. The Hall–Kier alpha value is -1.51. The zero-order valence-electron chi connectivity index (χ0n) is 9.16. The van der Waals surface area contributed by atoms with Gasteiger partial charge in [-0.3, -0.25) is 0 Å². The maximum Gasteiger partial charge on any atom is 0.335 e. The molecule has 1 rings (SSSR count). The summed E-state index contributed by atoms with van der Waals surface area (Å²) in [6.45, 7) is 4.23. The fraction of sp³-hybridized carbons (Fsp3) is 0.417. The quantitative estimate of drug-likeness (QED) is 0.780. The summed E-state index contributed by atoms with van der Waals surface area (Å²) >= 11 is 0. The number of hydrogen-bond acceptors (Lipinski definition) is 2. The highest BCUT2D eigenvalue weighted by Crippen LogP contribution is 2.14. The average Bonchev–Trinajstić information content (AvgIpc) is 2.26. The number of benzene rings is 1. The molecule has 0 aliphatic rings. The molecule has 0 aliphatic heterocycles. The van der Waals surface area contributed by atoms with Gasteiger partial charge in [-0.1, -0.05) is 19.9 Å². The van der Waals surface area contributed by atoms with Gasteiger partial charge >= 0.3 is 5.97 Å². The van der Waals surface area contributed by atoms with Gasteiger partial charge < -0.3 is 10.4 Å². The molecule has 3 heteroatoms. The highest BCUT2D eigenvalue weighted by atomic mass is 16.4. The summed E-state index contributed by atoms with van der Waals surface area (Å²) in [6, 6.07) is 7.33. The van der Waals surface area contributed by atoms with Crippen molar-refractivity contribution in [1.29, 1.82) is 0 Å². The van der Waals surface area contributed by atoms with E-state index in [0.29, 0.717) is 11.6 Å². The minimum absolute atomic E-state index is 0.325. The Kier molecular flexibility index (Phi) is 4.16. The number of carboxylic acid groups (broad SMARTS) is 1. The van der Waals surface area contributed by atoms with Crippen LogP contribution in [0.2, 0.25) is 0 Å². The molecule has 0 saturated heterocycles. The molecule has 0 radical (unpaired) electrons. The zero-order valence-corrected chi connectivity index (χ0v) is 9.16. The highest BCUT2D eigenvalue weighted by molar-refractivity contribution is 5.88. The van der Waals surface area contributed by atoms with Gasteiger partial charge in [-0.15, -0.1) is 0 Å². The van der Waals surface area contributed by atoms with Crippen LogP contribution in [0.1, 0.15) is 37.0 Å². The molecular formula is C12H17NO2. The number of aromatic carboxylic acids is 1. The second kappa shape index (κ2) is 5.39. The first-order valence-electron chi connectivity index (χ1n) is 5.27. The van der Waals surface area contributed by atoms with Gasteiger partial charge in [0.2, 0.25) is 0 Å². The number of carbonyl (C=O) groups is 1. The summed E-state index contributed by atoms with van der Waals surface area (Å²) in [4.78, 5) is 10.8. The number of hydrogen-bond donors (Lipinski definition) is 2. The van der Waals surface area contributed by atoms with Crippen LogP contribution in [0.4, 0.5) is 5.69 Å². The fourth-order valence-electron chi connectivity index (χ4n) is 1.47. The van der Waals surface area contributed by atoms with Crippen LogP contribution in [0.15, 0.2) is 24.3 Å². The van der Waals surface area contributed by atoms with E-state index in [4.69, 9.17) is 5.11 Å². The first kappa shape index (κ1) is 11.6. The van der Waals surface area contributed by atoms with Crippen LogP contribution in [0.3, 0.4) is 0 Å². The maximum absolute atomic E-state index is 10.8. The van der Waals surface area contributed by atoms with Crippen LogP contribution < -0.4 is 5.32 Å². The van der Waals surface area contributed by atoms with Crippen molar-refractivity contribution in [1.82, 2.24) is 0 Å². The summed E-state index contributed by atoms with van der Waals surface area (Å²) in [5, 5.41) is 12.1. The van der Waals surface area contributed by atoms with Crippen molar-refractivity contribution in [2.24, 2.45) is 0 Å². The van der Waals surface area contributed by atoms with Crippen LogP contribution in [-0.4, -0.2) is 17.1 Å². The Labute approximate surface area is 90.1 Å². The first-order valence-corrected chi connectivity index (χ1v) is 5.27. The molecule has 0 fully saturated rings. The number of rotatable bonds is 5. The summed E-state index contributed by atoms with van der Waals surface area (Å²) in [6.07, 6.45) is 2.07. The van der Waals surface area contributed by atoms with Crippen molar-refractivity contribution in [3.63, 3.8) is 0 Å². The largest absolute Gasteiger partial charge is 0.478 e. The highest BCUT2D eigenvalue weighted by Gasteiger charge is 2.06. The van der Waals surface area contributed by atoms with Crippen LogP contribution in [0, 0.1) is 0 Å². The van der Waals surface area contributed by atoms with E-state index in [1.807, 2.05) is 6.07 Å². The molecule has 0 aliphatic carbocycles. The molecule has 2 N–H and O–H groups in total. The molecule has 0 spiro atoms. The van der Waals surface area contributed by atoms with Gasteiger partial charge in [0.1, 0.15) is 0 Å². The summed E-state index contributed by atoms with van der Waals surface area (Å²) < 4.78 is 0. The molecule has 0 atom stereocenters. The van der Waals surface area contributed by atoms with Crippen molar-refractivity contribution in [3.8, 4) is 0 Å². The molecule has 3 nitrogen and oxygen atoms in total. The number of nitrogens with one attached hydrogen (secondary N) is 1. The van der Waals surface area contributed by atoms with Crippen molar-refractivity contribution >= 4 is 11.7 Å². The van der Waals surface area contributed by atoms with Crippen LogP contribution in [0.25, 0.3) is 0 Å². The van der Waals surface area contributed by atoms with Crippen molar-refractivity contribution < 1.29 is 9.90 Å². The summed E-state index contributed by atoms with van der Waals surface area (Å²) in [5.41, 5.74) is 1.20. The minimum Gasteiger partial charge on any atom is -0.478 e. The Balaban J connectivity index is 2.77. The van der Waals surface area contributed by atoms with Crippen molar-refractivity contribution in [2.75, 3.05) is 5.32 Å². The summed E-state index contributed by atoms with van der Waals surface area (Å²) in [7, 11) is 0. The van der Waals surface area contributed by atoms with E-state index in [1.54, 1.807) is 18.2 Å². The first-order chi connectivity index (χ1) is 7.17. The van der Waals surface area contributed by atoms with E-state index in [-0.39, 0.29) is 0 Å². The van der Waals surface area contributed by atoms with E-state index in [2.05, 4.69) is 19.2 Å². The van der Waals surface area contributed by atoms with Crippen molar-refractivity contribution in [2.45, 2.75) is 32.7 Å². The molecule has 1 aromatic carbocycles. The predicted molar refractivity (Wildman–Crippen MR) is 61.4 cm³/mol. The lowest BCUT2D eigenvalue weighted by atomic mass is 10.1. The lowest BCUT2D eigenvalue weighted by Crippen LogP contribution is -2.17. The number of carboxylic acids is 1. The Morgan fingerprint density at radius 1 is 1.40 bits per heavy atom. The second-order valence-electron chi connectivity index (χ2n) is 3.54. The SMILES string of the molecule is CCC(CC)Nc1cccc(C(=O)O)c1. The average molecular weight is 207 g/mol. The molecule has 82 valence electrons. The molecule has 0 heterocycles. The molecule has 0 unspecified atom stereocenters. The van der Waals surface area contributed by atoms with E-state index >= 15 is 0 Å². The molecular weight excluding hydrogens is 190 g/mol. The molecule has 0 bridgehead atoms. The molecule has 0 aromatic heterocycles. The molecule has 0 amide bonds. The van der Waals surface area contributed by atoms with Gasteiger partial charge in [0.15, 0.2) is 0 Å². The van der Waals surface area contributed by atoms with E-state index in [0.717, 1.165) is 18.5 Å². The van der Waals surface area contributed by atoms with Gasteiger partial charge in [0.25, 0.3) is 0 Å². The fourth-order valence-corrected chi connectivity index (χ4v) is 1.47. The van der Waals surface area contributed by atoms with Crippen LogP contribution >= 0.6 is 0 Å². The van der Waals surface area contributed by atoms with E-state index in [9.17, 15) is 4.79 Å². The maximum atomic E-state index is 10.8. The van der Waals surface area contributed by atoms with E-state index in [1.165, 1.54) is 0 Å². The lowest BCUT2D eigenvalue weighted by molar-refractivity contribution is 0.0697. The molecule has 0 saturated carbocycles.